The van der Waals surface area contributed by atoms with Crippen molar-refractivity contribution in [3.63, 3.8) is 0 Å². The lowest BCUT2D eigenvalue weighted by molar-refractivity contribution is 0.103. The van der Waals surface area contributed by atoms with Gasteiger partial charge in [0.05, 0.1) is 28.4 Å². The van der Waals surface area contributed by atoms with Crippen molar-refractivity contribution in [1.29, 1.82) is 0 Å². The van der Waals surface area contributed by atoms with Gasteiger partial charge in [-0.15, -0.1) is 0 Å². The lowest BCUT2D eigenvalue weighted by Crippen LogP contribution is -2.05. The number of ketones is 1. The second-order valence-corrected chi connectivity index (χ2v) is 8.33. The first-order valence-corrected chi connectivity index (χ1v) is 11.3. The van der Waals surface area contributed by atoms with E-state index in [9.17, 15) is 4.79 Å². The van der Waals surface area contributed by atoms with Gasteiger partial charge in [-0.3, -0.25) is 4.79 Å². The van der Waals surface area contributed by atoms with Gasteiger partial charge in [-0.05, 0) is 42.5 Å². The number of nitrogens with zero attached hydrogens (tertiary/aromatic N) is 1. The molecule has 0 bridgehead atoms. The van der Waals surface area contributed by atoms with E-state index in [4.69, 9.17) is 18.9 Å². The van der Waals surface area contributed by atoms with Gasteiger partial charge < -0.3 is 23.5 Å². The number of aromatic nitrogens is 1. The number of ether oxygens (including phenoxy) is 4. The Bertz CT molecular complexity index is 1310. The highest BCUT2D eigenvalue weighted by Crippen LogP contribution is 2.41. The van der Waals surface area contributed by atoms with Crippen LogP contribution in [0.4, 0.5) is 0 Å². The Balaban J connectivity index is 1.93. The minimum Gasteiger partial charge on any atom is -0.496 e. The zero-order chi connectivity index (χ0) is 24.2. The van der Waals surface area contributed by atoms with Crippen LogP contribution < -0.4 is 18.9 Å². The number of methoxy groups -OCH3 is 4. The standard InChI is InChI=1S/C27H24BrNO5/c1-31-23-11-10-18(28)14-20(23)21-15-29(19-8-6-5-7-9-19)16-22(21)26(30)17-12-24(32-2)27(34-4)25(13-17)33-3/h5-16H,1-4H3. The summed E-state index contributed by atoms with van der Waals surface area (Å²) in [4.78, 5) is 13.9. The van der Waals surface area contributed by atoms with Crippen molar-refractivity contribution in [2.45, 2.75) is 0 Å². The molecule has 1 heterocycles. The minimum atomic E-state index is -0.189. The quantitative estimate of drug-likeness (QED) is 0.259. The molecule has 0 saturated carbocycles. The highest BCUT2D eigenvalue weighted by Gasteiger charge is 2.24. The minimum absolute atomic E-state index is 0.189. The van der Waals surface area contributed by atoms with Crippen molar-refractivity contribution in [3.8, 4) is 39.8 Å². The highest BCUT2D eigenvalue weighted by atomic mass is 79.9. The van der Waals surface area contributed by atoms with Crippen LogP contribution in [0, 0.1) is 0 Å². The van der Waals surface area contributed by atoms with Gasteiger partial charge in [-0.25, -0.2) is 0 Å². The first kappa shape index (κ1) is 23.4. The number of benzene rings is 3. The Morgan fingerprint density at radius 3 is 1.97 bits per heavy atom. The summed E-state index contributed by atoms with van der Waals surface area (Å²) in [5, 5.41) is 0. The number of halogens is 1. The van der Waals surface area contributed by atoms with Gasteiger partial charge >= 0.3 is 0 Å². The molecule has 0 unspecified atom stereocenters. The lowest BCUT2D eigenvalue weighted by Gasteiger charge is -2.14. The van der Waals surface area contributed by atoms with Crippen LogP contribution in [0.5, 0.6) is 23.0 Å². The Hall–Kier alpha value is -3.71. The summed E-state index contributed by atoms with van der Waals surface area (Å²) in [6.45, 7) is 0. The van der Waals surface area contributed by atoms with Gasteiger partial charge in [-0.2, -0.15) is 0 Å². The molecule has 4 aromatic rings. The van der Waals surface area contributed by atoms with E-state index in [1.165, 1.54) is 21.3 Å². The third-order valence-corrected chi connectivity index (χ3v) is 6.00. The van der Waals surface area contributed by atoms with E-state index in [1.807, 2.05) is 65.5 Å². The van der Waals surface area contributed by atoms with Crippen molar-refractivity contribution in [2.24, 2.45) is 0 Å². The molecule has 0 aliphatic carbocycles. The molecule has 0 N–H and O–H groups in total. The monoisotopic (exact) mass is 521 g/mol. The van der Waals surface area contributed by atoms with Crippen LogP contribution in [0.15, 0.2) is 77.5 Å². The van der Waals surface area contributed by atoms with Crippen LogP contribution in [-0.4, -0.2) is 38.8 Å². The second kappa shape index (κ2) is 10.1. The molecule has 0 radical (unpaired) electrons. The number of hydrogen-bond donors (Lipinski definition) is 0. The molecule has 0 aliphatic heterocycles. The summed E-state index contributed by atoms with van der Waals surface area (Å²) in [5.41, 5.74) is 3.38. The molecular weight excluding hydrogens is 498 g/mol. The zero-order valence-corrected chi connectivity index (χ0v) is 20.9. The summed E-state index contributed by atoms with van der Waals surface area (Å²) in [6.07, 6.45) is 3.77. The second-order valence-electron chi connectivity index (χ2n) is 7.42. The molecule has 3 aromatic carbocycles. The van der Waals surface area contributed by atoms with Crippen LogP contribution in [-0.2, 0) is 0 Å². The van der Waals surface area contributed by atoms with E-state index >= 15 is 0 Å². The van der Waals surface area contributed by atoms with Crippen molar-refractivity contribution in [1.82, 2.24) is 4.57 Å². The van der Waals surface area contributed by atoms with Crippen molar-refractivity contribution in [2.75, 3.05) is 28.4 Å². The van der Waals surface area contributed by atoms with E-state index in [-0.39, 0.29) is 5.78 Å². The topological polar surface area (TPSA) is 58.9 Å². The number of para-hydroxylation sites is 1. The predicted molar refractivity (Wildman–Crippen MR) is 135 cm³/mol. The highest BCUT2D eigenvalue weighted by molar-refractivity contribution is 9.10. The third kappa shape index (κ3) is 4.39. The Morgan fingerprint density at radius 1 is 0.735 bits per heavy atom. The summed E-state index contributed by atoms with van der Waals surface area (Å²) >= 11 is 3.54. The van der Waals surface area contributed by atoms with Gasteiger partial charge in [0.25, 0.3) is 0 Å². The fourth-order valence-corrected chi connectivity index (χ4v) is 4.22. The SMILES string of the molecule is COc1ccc(Br)cc1-c1cn(-c2ccccc2)cc1C(=O)c1cc(OC)c(OC)c(OC)c1. The smallest absolute Gasteiger partial charge is 0.203 e. The number of carbonyl (C=O) groups excluding carboxylic acids is 1. The average Bonchev–Trinajstić information content (AvgIpc) is 3.33. The van der Waals surface area contributed by atoms with Crippen LogP contribution in [0.2, 0.25) is 0 Å². The number of hydrogen-bond acceptors (Lipinski definition) is 5. The molecule has 7 heteroatoms. The molecule has 0 saturated heterocycles. The lowest BCUT2D eigenvalue weighted by atomic mass is 9.97. The van der Waals surface area contributed by atoms with Crippen LogP contribution in [0.1, 0.15) is 15.9 Å². The predicted octanol–water partition coefficient (Wildman–Crippen LogP) is 6.17. The van der Waals surface area contributed by atoms with Gasteiger partial charge in [-0.1, -0.05) is 34.1 Å². The molecular formula is C27H24BrNO5. The van der Waals surface area contributed by atoms with Crippen LogP contribution >= 0.6 is 15.9 Å². The molecule has 1 aromatic heterocycles. The van der Waals surface area contributed by atoms with Crippen LogP contribution in [0.25, 0.3) is 16.8 Å². The molecule has 6 nitrogen and oxygen atoms in total. The van der Waals surface area contributed by atoms with Crippen molar-refractivity contribution < 1.29 is 23.7 Å². The van der Waals surface area contributed by atoms with Crippen molar-refractivity contribution >= 4 is 21.7 Å². The fourth-order valence-electron chi connectivity index (χ4n) is 3.86. The van der Waals surface area contributed by atoms with E-state index < -0.39 is 0 Å². The molecule has 4 rings (SSSR count). The van der Waals surface area contributed by atoms with E-state index in [2.05, 4.69) is 15.9 Å². The van der Waals surface area contributed by atoms with Gasteiger partial charge in [0.15, 0.2) is 17.3 Å². The van der Waals surface area contributed by atoms with Gasteiger partial charge in [0, 0.05) is 44.8 Å². The van der Waals surface area contributed by atoms with Crippen LogP contribution in [0.3, 0.4) is 0 Å². The average molecular weight is 522 g/mol. The molecule has 0 atom stereocenters. The van der Waals surface area contributed by atoms with E-state index in [1.54, 1.807) is 19.2 Å². The maximum atomic E-state index is 13.9. The molecule has 0 amide bonds. The zero-order valence-electron chi connectivity index (χ0n) is 19.3. The molecule has 34 heavy (non-hydrogen) atoms. The summed E-state index contributed by atoms with van der Waals surface area (Å²) < 4.78 is 24.8. The Morgan fingerprint density at radius 2 is 1.38 bits per heavy atom. The summed E-state index contributed by atoms with van der Waals surface area (Å²) in [5.74, 6) is 1.72. The molecule has 0 spiro atoms. The largest absolute Gasteiger partial charge is 0.496 e. The third-order valence-electron chi connectivity index (χ3n) is 5.50. The maximum absolute atomic E-state index is 13.9. The Kier molecular flexibility index (Phi) is 6.93. The molecule has 0 aliphatic rings. The summed E-state index contributed by atoms with van der Waals surface area (Å²) in [6, 6.07) is 18.8. The molecule has 0 fully saturated rings. The molecule has 174 valence electrons. The van der Waals surface area contributed by atoms with Crippen molar-refractivity contribution in [3.05, 3.63) is 88.7 Å². The Labute approximate surface area is 206 Å². The van der Waals surface area contributed by atoms with E-state index in [0.717, 1.165) is 21.3 Å². The summed E-state index contributed by atoms with van der Waals surface area (Å²) in [7, 11) is 6.19. The fraction of sp³-hybridized carbons (Fsp3) is 0.148. The first-order valence-electron chi connectivity index (χ1n) is 10.5. The first-order chi connectivity index (χ1) is 16.5. The normalized spacial score (nSPS) is 10.6. The van der Waals surface area contributed by atoms with Gasteiger partial charge in [0.1, 0.15) is 5.75 Å². The number of rotatable bonds is 8. The maximum Gasteiger partial charge on any atom is 0.203 e. The van der Waals surface area contributed by atoms with Gasteiger partial charge in [0.2, 0.25) is 5.75 Å². The van der Waals surface area contributed by atoms with E-state index in [0.29, 0.717) is 34.1 Å². The number of carbonyl (C=O) groups is 1.